The van der Waals surface area contributed by atoms with E-state index in [2.05, 4.69) is 0 Å². The highest BCUT2D eigenvalue weighted by Crippen LogP contribution is 2.10. The monoisotopic (exact) mass is 540 g/mol. The lowest BCUT2D eigenvalue weighted by atomic mass is 10.2. The normalized spacial score (nSPS) is 21.1. The van der Waals surface area contributed by atoms with E-state index in [0.29, 0.717) is 26.1 Å². The quantitative estimate of drug-likeness (QED) is 0.146. The summed E-state index contributed by atoms with van der Waals surface area (Å²) in [6.07, 6.45) is 50.4. The van der Waals surface area contributed by atoms with Crippen LogP contribution in [0.5, 0.6) is 0 Å². The Morgan fingerprint density at radius 3 is 0.825 bits per heavy atom. The van der Waals surface area contributed by atoms with Gasteiger partial charge in [0.15, 0.2) is 0 Å². The maximum Gasteiger partial charge on any atom is 0.508 e. The zero-order valence-electron chi connectivity index (χ0n) is 22.4. The van der Waals surface area contributed by atoms with Crippen molar-refractivity contribution in [3.05, 3.63) is 158 Å². The van der Waals surface area contributed by atoms with Gasteiger partial charge in [-0.05, 0) is 0 Å². The molecule has 2 heterocycles. The lowest BCUT2D eigenvalue weighted by Crippen LogP contribution is -2.07. The Kier molecular flexibility index (Phi) is 17.4. The molecular formula is C34H36O6. The van der Waals surface area contributed by atoms with Crippen LogP contribution in [0.25, 0.3) is 0 Å². The molecule has 0 aromatic rings. The molecule has 208 valence electrons. The molecule has 2 atom stereocenters. The van der Waals surface area contributed by atoms with Crippen molar-refractivity contribution in [1.29, 1.82) is 0 Å². The minimum atomic E-state index is -0.587. The van der Waals surface area contributed by atoms with Crippen molar-refractivity contribution in [2.75, 3.05) is 13.2 Å². The molecule has 0 aliphatic carbocycles. The Labute approximate surface area is 237 Å². The van der Waals surface area contributed by atoms with Crippen molar-refractivity contribution in [3.63, 3.8) is 0 Å². The second-order valence-electron chi connectivity index (χ2n) is 8.16. The van der Waals surface area contributed by atoms with Crippen molar-refractivity contribution < 1.29 is 28.5 Å². The summed E-state index contributed by atoms with van der Waals surface area (Å²) in [5.41, 5.74) is 0. The van der Waals surface area contributed by atoms with Gasteiger partial charge in [-0.25, -0.2) is 9.59 Å². The van der Waals surface area contributed by atoms with E-state index in [4.69, 9.17) is 18.9 Å². The molecule has 2 saturated heterocycles. The van der Waals surface area contributed by atoms with Gasteiger partial charge in [0, 0.05) is 12.8 Å². The summed E-state index contributed by atoms with van der Waals surface area (Å²) >= 11 is 0. The van der Waals surface area contributed by atoms with Crippen LogP contribution in [-0.2, 0) is 18.9 Å². The van der Waals surface area contributed by atoms with E-state index in [-0.39, 0.29) is 12.2 Å². The zero-order valence-corrected chi connectivity index (χ0v) is 22.4. The van der Waals surface area contributed by atoms with Crippen LogP contribution in [0.3, 0.4) is 0 Å². The van der Waals surface area contributed by atoms with Crippen LogP contribution >= 0.6 is 0 Å². The lowest BCUT2D eigenvalue weighted by molar-refractivity contribution is 0.117. The van der Waals surface area contributed by atoms with Gasteiger partial charge < -0.3 is 18.9 Å². The lowest BCUT2D eigenvalue weighted by Gasteiger charge is -1.99. The molecular weight excluding hydrogens is 504 g/mol. The third kappa shape index (κ3) is 17.6. The van der Waals surface area contributed by atoms with Crippen molar-refractivity contribution in [2.45, 2.75) is 25.0 Å². The molecule has 6 heteroatoms. The smallest absolute Gasteiger partial charge is 0.430 e. The third-order valence-electron chi connectivity index (χ3n) is 4.93. The average Bonchev–Trinajstić information content (AvgIpc) is 3.57. The predicted octanol–water partition coefficient (Wildman–Crippen LogP) is 8.07. The minimum Gasteiger partial charge on any atom is -0.430 e. The highest BCUT2D eigenvalue weighted by Gasteiger charge is 2.23. The molecule has 0 spiro atoms. The number of hydrogen-bond acceptors (Lipinski definition) is 6. The number of carbonyl (C=O) groups excluding carboxylic acids is 2. The zero-order chi connectivity index (χ0) is 28.4. The van der Waals surface area contributed by atoms with E-state index >= 15 is 0 Å². The second-order valence-corrected chi connectivity index (χ2v) is 8.16. The average molecular weight is 541 g/mol. The first-order chi connectivity index (χ1) is 19.7. The van der Waals surface area contributed by atoms with Crippen LogP contribution in [0.1, 0.15) is 12.8 Å². The van der Waals surface area contributed by atoms with E-state index in [9.17, 15) is 9.59 Å². The molecule has 0 N–H and O–H groups in total. The fourth-order valence-corrected chi connectivity index (χ4v) is 2.99. The molecule has 0 radical (unpaired) electrons. The summed E-state index contributed by atoms with van der Waals surface area (Å²) in [5, 5.41) is 0. The molecule has 0 bridgehead atoms. The molecule has 0 aromatic carbocycles. The fourth-order valence-electron chi connectivity index (χ4n) is 2.99. The highest BCUT2D eigenvalue weighted by molar-refractivity contribution is 5.62. The molecule has 6 nitrogen and oxygen atoms in total. The second kappa shape index (κ2) is 22.2. The topological polar surface area (TPSA) is 71.1 Å². The fraction of sp³-hybridized carbons (Fsp3) is 0.176. The van der Waals surface area contributed by atoms with Gasteiger partial charge in [0.05, 0.1) is 0 Å². The maximum atomic E-state index is 10.8. The van der Waals surface area contributed by atoms with Crippen LogP contribution in [0.4, 0.5) is 9.59 Å². The van der Waals surface area contributed by atoms with Gasteiger partial charge in [-0.2, -0.15) is 0 Å². The Bertz CT molecular complexity index is 1060. The van der Waals surface area contributed by atoms with E-state index < -0.39 is 12.3 Å². The minimum absolute atomic E-state index is 0.174. The molecule has 2 rings (SSSR count). The number of ether oxygens (including phenoxy) is 4. The Morgan fingerprint density at radius 1 is 0.400 bits per heavy atom. The SMILES string of the molecule is O=C1OCC(CC=CC=C/C=C/C=C/C=CC=C/C=C/C=C/C=CC=C/C=C/C=C/C=CCC2COC(=O)O2)O1. The van der Waals surface area contributed by atoms with Gasteiger partial charge >= 0.3 is 12.3 Å². The van der Waals surface area contributed by atoms with Crippen LogP contribution in [0.15, 0.2) is 158 Å². The molecule has 2 aliphatic heterocycles. The Morgan fingerprint density at radius 2 is 0.625 bits per heavy atom. The molecule has 2 unspecified atom stereocenters. The summed E-state index contributed by atoms with van der Waals surface area (Å²) in [6, 6.07) is 0. The summed E-state index contributed by atoms with van der Waals surface area (Å²) in [7, 11) is 0. The van der Waals surface area contributed by atoms with E-state index in [1.165, 1.54) is 0 Å². The third-order valence-corrected chi connectivity index (χ3v) is 4.93. The van der Waals surface area contributed by atoms with Crippen LogP contribution in [0.2, 0.25) is 0 Å². The molecule has 2 aliphatic rings. The standard InChI is InChI=1S/C34H36O6/c35-33-37-29-31(39-33)27-25-23-21-19-17-15-13-11-9-7-5-3-1-2-4-6-8-10-12-14-16-18-20-22-24-26-28-32-30-38-34(36)40-32/h1-26,31-32H,27-30H2/b2-1+,5-3+,6-4?,9-7?,10-8?,13-11?,14-12+,17-15+,18-16+,21-19+,22-20?,25-23?,26-24?. The van der Waals surface area contributed by atoms with E-state index in [1.54, 1.807) is 0 Å². The first kappa shape index (κ1) is 31.4. The number of rotatable bonds is 16. The number of cyclic esters (lactones) is 4. The summed E-state index contributed by atoms with van der Waals surface area (Å²) in [6.45, 7) is 0.647. The Balaban J connectivity index is 1.47. The maximum absolute atomic E-state index is 10.8. The van der Waals surface area contributed by atoms with Crippen LogP contribution in [-0.4, -0.2) is 37.7 Å². The van der Waals surface area contributed by atoms with Gasteiger partial charge in [0.25, 0.3) is 0 Å². The van der Waals surface area contributed by atoms with Crippen molar-refractivity contribution >= 4 is 12.3 Å². The number of allylic oxidation sites excluding steroid dienone is 24. The Hall–Kier alpha value is -4.84. The molecule has 0 saturated carbocycles. The van der Waals surface area contributed by atoms with E-state index in [1.807, 2.05) is 158 Å². The van der Waals surface area contributed by atoms with Gasteiger partial charge in [0.1, 0.15) is 25.4 Å². The molecule has 0 aromatic heterocycles. The van der Waals surface area contributed by atoms with Crippen molar-refractivity contribution in [2.24, 2.45) is 0 Å². The summed E-state index contributed by atoms with van der Waals surface area (Å²) in [4.78, 5) is 21.6. The number of carbonyl (C=O) groups is 2. The van der Waals surface area contributed by atoms with E-state index in [0.717, 1.165) is 0 Å². The van der Waals surface area contributed by atoms with Crippen molar-refractivity contribution in [1.82, 2.24) is 0 Å². The van der Waals surface area contributed by atoms with Gasteiger partial charge in [-0.15, -0.1) is 0 Å². The van der Waals surface area contributed by atoms with Crippen LogP contribution < -0.4 is 0 Å². The highest BCUT2D eigenvalue weighted by atomic mass is 16.8. The molecule has 2 fully saturated rings. The van der Waals surface area contributed by atoms with Crippen LogP contribution in [0, 0.1) is 0 Å². The predicted molar refractivity (Wildman–Crippen MR) is 160 cm³/mol. The molecule has 0 amide bonds. The summed E-state index contributed by atoms with van der Waals surface area (Å²) < 4.78 is 19.3. The molecule has 40 heavy (non-hydrogen) atoms. The first-order valence-electron chi connectivity index (χ1n) is 13.1. The van der Waals surface area contributed by atoms with Gasteiger partial charge in [-0.3, -0.25) is 0 Å². The van der Waals surface area contributed by atoms with Crippen molar-refractivity contribution in [3.8, 4) is 0 Å². The number of hydrogen-bond donors (Lipinski definition) is 0. The summed E-state index contributed by atoms with van der Waals surface area (Å²) in [5.74, 6) is 0. The van der Waals surface area contributed by atoms with Gasteiger partial charge in [-0.1, -0.05) is 158 Å². The first-order valence-corrected chi connectivity index (χ1v) is 13.1. The van der Waals surface area contributed by atoms with Gasteiger partial charge in [0.2, 0.25) is 0 Å². The largest absolute Gasteiger partial charge is 0.508 e.